The van der Waals surface area contributed by atoms with E-state index in [1.165, 1.54) is 24.3 Å². The Balaban J connectivity index is 1.45. The first-order chi connectivity index (χ1) is 22.0. The van der Waals surface area contributed by atoms with Gasteiger partial charge < -0.3 is 28.3 Å². The van der Waals surface area contributed by atoms with Crippen molar-refractivity contribution in [2.24, 2.45) is 0 Å². The summed E-state index contributed by atoms with van der Waals surface area (Å²) in [4.78, 5) is 13.7. The minimum absolute atomic E-state index is 0.0500. The number of rotatable bonds is 9. The van der Waals surface area contributed by atoms with Crippen molar-refractivity contribution < 1.29 is 41.7 Å². The fraction of sp³-hybridized carbons (Fsp3) is 0.182. The van der Waals surface area contributed by atoms with Gasteiger partial charge in [-0.05, 0) is 78.2 Å². The third kappa shape index (κ3) is 6.79. The first kappa shape index (κ1) is 31.7. The van der Waals surface area contributed by atoms with E-state index in [0.29, 0.717) is 65.5 Å². The summed E-state index contributed by atoms with van der Waals surface area (Å²) < 4.78 is 65.9. The van der Waals surface area contributed by atoms with E-state index in [-0.39, 0.29) is 38.0 Å². The van der Waals surface area contributed by atoms with Crippen LogP contribution < -0.4 is 18.9 Å². The number of carbonyl (C=O) groups is 1. The lowest BCUT2D eigenvalue weighted by molar-refractivity contribution is -0.274. The average molecular weight is 693 g/mol. The van der Waals surface area contributed by atoms with E-state index in [9.17, 15) is 18.0 Å². The minimum Gasteiger partial charge on any atom is -0.489 e. The van der Waals surface area contributed by atoms with Crippen LogP contribution >= 0.6 is 34.8 Å². The highest BCUT2D eigenvalue weighted by Gasteiger charge is 2.31. The van der Waals surface area contributed by atoms with Gasteiger partial charge >= 0.3 is 12.3 Å². The van der Waals surface area contributed by atoms with Crippen LogP contribution in [0, 0.1) is 0 Å². The van der Waals surface area contributed by atoms with Gasteiger partial charge in [0.25, 0.3) is 0 Å². The molecule has 6 rings (SSSR count). The van der Waals surface area contributed by atoms with E-state index < -0.39 is 12.3 Å². The quantitative estimate of drug-likeness (QED) is 0.143. The van der Waals surface area contributed by atoms with E-state index >= 15 is 0 Å². The monoisotopic (exact) mass is 691 g/mol. The molecule has 0 amide bonds. The fourth-order valence-corrected chi connectivity index (χ4v) is 5.93. The number of esters is 1. The Kier molecular flexibility index (Phi) is 8.87. The summed E-state index contributed by atoms with van der Waals surface area (Å²) >= 11 is 19.5. The van der Waals surface area contributed by atoms with Gasteiger partial charge in [-0.1, -0.05) is 46.9 Å². The van der Waals surface area contributed by atoms with Gasteiger partial charge in [-0.25, -0.2) is 4.79 Å². The van der Waals surface area contributed by atoms with Crippen LogP contribution in [-0.2, 0) is 17.9 Å². The van der Waals surface area contributed by atoms with Gasteiger partial charge in [0.2, 0.25) is 6.79 Å². The Morgan fingerprint density at radius 3 is 2.24 bits per heavy atom. The molecule has 1 aromatic heterocycles. The van der Waals surface area contributed by atoms with Crippen LogP contribution in [0.1, 0.15) is 28.5 Å². The second-order valence-corrected chi connectivity index (χ2v) is 11.4. The predicted molar refractivity (Wildman–Crippen MR) is 167 cm³/mol. The molecule has 0 N–H and O–H groups in total. The fourth-order valence-electron chi connectivity index (χ4n) is 5.19. The van der Waals surface area contributed by atoms with Crippen molar-refractivity contribution in [2.75, 3.05) is 13.4 Å². The molecule has 0 saturated heterocycles. The number of nitrogens with zero attached hydrogens (tertiary/aromatic N) is 1. The van der Waals surface area contributed by atoms with E-state index in [2.05, 4.69) is 4.74 Å². The number of carbonyl (C=O) groups excluding carboxylic acids is 1. The molecule has 0 spiro atoms. The van der Waals surface area contributed by atoms with E-state index in [0.717, 1.165) is 0 Å². The first-order valence-corrected chi connectivity index (χ1v) is 15.0. The molecule has 46 heavy (non-hydrogen) atoms. The number of benzene rings is 4. The number of aromatic nitrogens is 1. The molecular weight excluding hydrogens is 670 g/mol. The predicted octanol–water partition coefficient (Wildman–Crippen LogP) is 9.70. The van der Waals surface area contributed by atoms with Crippen LogP contribution in [0.3, 0.4) is 0 Å². The van der Waals surface area contributed by atoms with Crippen molar-refractivity contribution in [3.63, 3.8) is 0 Å². The lowest BCUT2D eigenvalue weighted by Crippen LogP contribution is -2.17. The molecule has 1 aliphatic heterocycles. The molecule has 0 unspecified atom stereocenters. The van der Waals surface area contributed by atoms with Crippen molar-refractivity contribution in [1.29, 1.82) is 0 Å². The zero-order valence-corrected chi connectivity index (χ0v) is 26.2. The highest BCUT2D eigenvalue weighted by molar-refractivity contribution is 6.35. The summed E-state index contributed by atoms with van der Waals surface area (Å²) in [6.45, 7) is 2.13. The molecule has 238 valence electrons. The molecule has 1 aliphatic rings. The number of ether oxygens (including phenoxy) is 5. The van der Waals surface area contributed by atoms with Gasteiger partial charge in [-0.3, -0.25) is 0 Å². The first-order valence-electron chi connectivity index (χ1n) is 13.8. The highest BCUT2D eigenvalue weighted by Crippen LogP contribution is 2.42. The Morgan fingerprint density at radius 1 is 0.891 bits per heavy atom. The second kappa shape index (κ2) is 12.9. The van der Waals surface area contributed by atoms with Gasteiger partial charge in [-0.2, -0.15) is 0 Å². The van der Waals surface area contributed by atoms with Crippen LogP contribution in [0.4, 0.5) is 13.2 Å². The van der Waals surface area contributed by atoms with Crippen LogP contribution in [0.2, 0.25) is 15.1 Å². The van der Waals surface area contributed by atoms with Crippen LogP contribution in [0.25, 0.3) is 22.0 Å². The Labute approximate surface area is 275 Å². The zero-order chi connectivity index (χ0) is 32.6. The number of alkyl halides is 3. The van der Waals surface area contributed by atoms with Gasteiger partial charge in [0.1, 0.15) is 23.8 Å². The lowest BCUT2D eigenvalue weighted by Gasteiger charge is -2.14. The minimum atomic E-state index is -4.79. The summed E-state index contributed by atoms with van der Waals surface area (Å²) in [7, 11) is 0. The van der Waals surface area contributed by atoms with E-state index in [1.54, 1.807) is 60.0 Å². The van der Waals surface area contributed by atoms with Gasteiger partial charge in [0.05, 0.1) is 13.2 Å². The van der Waals surface area contributed by atoms with Crippen LogP contribution in [0.15, 0.2) is 72.8 Å². The summed E-state index contributed by atoms with van der Waals surface area (Å²) in [6, 6.07) is 19.1. The number of fused-ring (bicyclic) bond motifs is 2. The largest absolute Gasteiger partial charge is 0.573 e. The maximum atomic E-state index is 13.7. The van der Waals surface area contributed by atoms with Crippen LogP contribution in [-0.4, -0.2) is 30.3 Å². The Bertz CT molecular complexity index is 1920. The molecular formula is C33H23Cl3F3NO6. The van der Waals surface area contributed by atoms with E-state index in [4.69, 9.17) is 53.8 Å². The van der Waals surface area contributed by atoms with Gasteiger partial charge in [0, 0.05) is 37.6 Å². The van der Waals surface area contributed by atoms with Crippen molar-refractivity contribution in [3.05, 3.63) is 105 Å². The molecule has 0 bridgehead atoms. The maximum absolute atomic E-state index is 13.7. The molecule has 0 atom stereocenters. The SMILES string of the molecule is CCOC(=O)c1c(-c2cc(Cl)cc(Cl)c2)c2cc(OCc3ccc(OC(F)(F)F)cc3)ccc2n1Cc1cc2c(cc1Cl)OCO2. The summed E-state index contributed by atoms with van der Waals surface area (Å²) in [5.41, 5.74) is 3.25. The lowest BCUT2D eigenvalue weighted by atomic mass is 10.0. The maximum Gasteiger partial charge on any atom is 0.573 e. The molecule has 5 aromatic rings. The smallest absolute Gasteiger partial charge is 0.489 e. The van der Waals surface area contributed by atoms with Gasteiger partial charge in [0.15, 0.2) is 11.5 Å². The molecule has 0 radical (unpaired) electrons. The van der Waals surface area contributed by atoms with Crippen molar-refractivity contribution in [1.82, 2.24) is 4.57 Å². The Morgan fingerprint density at radius 2 is 1.57 bits per heavy atom. The molecule has 2 heterocycles. The number of hydrogen-bond donors (Lipinski definition) is 0. The van der Waals surface area contributed by atoms with Crippen LogP contribution in [0.5, 0.6) is 23.0 Å². The molecule has 0 aliphatic carbocycles. The third-order valence-electron chi connectivity index (χ3n) is 7.09. The normalized spacial score (nSPS) is 12.4. The third-order valence-corrected chi connectivity index (χ3v) is 7.88. The van der Waals surface area contributed by atoms with Crippen molar-refractivity contribution in [3.8, 4) is 34.1 Å². The molecule has 13 heteroatoms. The summed E-state index contributed by atoms with van der Waals surface area (Å²) in [5, 5.41) is 1.77. The molecule has 4 aromatic carbocycles. The average Bonchev–Trinajstić information content (AvgIpc) is 3.57. The molecule has 7 nitrogen and oxygen atoms in total. The second-order valence-electron chi connectivity index (χ2n) is 10.1. The van der Waals surface area contributed by atoms with Gasteiger partial charge in [-0.15, -0.1) is 13.2 Å². The standard InChI is InChI=1S/C33H23Cl3F3NO6/c1-2-42-32(41)31-30(19-9-21(34)12-22(35)10-19)25-13-24(43-16-18-3-5-23(6-4-18)46-33(37,38)39)7-8-27(25)40(31)15-20-11-28-29(14-26(20)36)45-17-44-28/h3-14H,2,15-17H2,1H3. The molecule has 0 saturated carbocycles. The van der Waals surface area contributed by atoms with Crippen molar-refractivity contribution in [2.45, 2.75) is 26.4 Å². The van der Waals surface area contributed by atoms with E-state index in [1.807, 2.05) is 0 Å². The van der Waals surface area contributed by atoms with Crippen molar-refractivity contribution >= 4 is 51.7 Å². The zero-order valence-electron chi connectivity index (χ0n) is 23.9. The number of hydrogen-bond acceptors (Lipinski definition) is 6. The Hall–Kier alpha value is -4.25. The highest BCUT2D eigenvalue weighted by atomic mass is 35.5. The number of halogens is 6. The molecule has 0 fully saturated rings. The summed E-state index contributed by atoms with van der Waals surface area (Å²) in [5.74, 6) is 0.578. The summed E-state index contributed by atoms with van der Waals surface area (Å²) in [6.07, 6.45) is -4.79. The topological polar surface area (TPSA) is 68.2 Å².